The first-order valence-electron chi connectivity index (χ1n) is 7.32. The minimum Gasteiger partial charge on any atom is -0.480 e. The molecule has 0 saturated carbocycles. The van der Waals surface area contributed by atoms with Crippen LogP contribution in [0.5, 0.6) is 0 Å². The molecule has 0 aliphatic carbocycles. The number of halogens is 1. The molecule has 126 valence electrons. The van der Waals surface area contributed by atoms with Crippen molar-refractivity contribution in [3.63, 3.8) is 0 Å². The number of carboxylic acid groups (broad SMARTS) is 1. The number of hydrogen-bond acceptors (Lipinski definition) is 4. The number of nitrogens with zero attached hydrogens (tertiary/aromatic N) is 1. The lowest BCUT2D eigenvalue weighted by Gasteiger charge is -2.47. The van der Waals surface area contributed by atoms with E-state index in [2.05, 4.69) is 21.2 Å². The number of amides is 1. The molecule has 1 aliphatic heterocycles. The van der Waals surface area contributed by atoms with Crippen LogP contribution in [0, 0.1) is 0 Å². The van der Waals surface area contributed by atoms with E-state index in [0.717, 1.165) is 10.0 Å². The molecule has 6 nitrogen and oxygen atoms in total. The van der Waals surface area contributed by atoms with Crippen molar-refractivity contribution in [1.82, 2.24) is 10.2 Å². The molecule has 1 saturated heterocycles. The highest BCUT2D eigenvalue weighted by Gasteiger charge is 2.52. The van der Waals surface area contributed by atoms with Crippen molar-refractivity contribution < 1.29 is 19.4 Å². The van der Waals surface area contributed by atoms with E-state index < -0.39 is 23.2 Å². The van der Waals surface area contributed by atoms with Crippen LogP contribution in [0.2, 0.25) is 0 Å². The van der Waals surface area contributed by atoms with Gasteiger partial charge in [-0.2, -0.15) is 0 Å². The van der Waals surface area contributed by atoms with Gasteiger partial charge in [-0.15, -0.1) is 0 Å². The quantitative estimate of drug-likeness (QED) is 0.833. The molecule has 1 aromatic rings. The third-order valence-corrected chi connectivity index (χ3v) is 4.00. The molecule has 23 heavy (non-hydrogen) atoms. The fourth-order valence-electron chi connectivity index (χ4n) is 2.30. The second-order valence-electron chi connectivity index (χ2n) is 6.71. The summed E-state index contributed by atoms with van der Waals surface area (Å²) in [5.74, 6) is -0.965. The second-order valence-corrected chi connectivity index (χ2v) is 7.62. The average Bonchev–Trinajstić information content (AvgIpc) is 2.34. The Labute approximate surface area is 143 Å². The zero-order valence-electron chi connectivity index (χ0n) is 13.4. The SMILES string of the molecule is CC(C)(C)OC(=O)N1CC(NCc2cccc(Br)c2)(C(=O)O)C1. The minimum absolute atomic E-state index is 0.0885. The normalized spacial score (nSPS) is 16.6. The first kappa shape index (κ1) is 17.7. The molecule has 1 amide bonds. The van der Waals surface area contributed by atoms with Gasteiger partial charge in [0.25, 0.3) is 0 Å². The standard InChI is InChI=1S/C16H21BrN2O4/c1-15(2,3)23-14(22)19-9-16(10-19,13(20)21)18-8-11-5-4-6-12(17)7-11/h4-7,18H,8-10H2,1-3H3,(H,20,21). The summed E-state index contributed by atoms with van der Waals surface area (Å²) in [6.07, 6.45) is -0.487. The van der Waals surface area contributed by atoms with Crippen LogP contribution in [0.4, 0.5) is 4.79 Å². The van der Waals surface area contributed by atoms with Crippen molar-refractivity contribution in [1.29, 1.82) is 0 Å². The second kappa shape index (κ2) is 6.49. The maximum Gasteiger partial charge on any atom is 0.410 e. The van der Waals surface area contributed by atoms with E-state index in [1.807, 2.05) is 24.3 Å². The number of benzene rings is 1. The molecule has 7 heteroatoms. The monoisotopic (exact) mass is 384 g/mol. The number of aliphatic carboxylic acids is 1. The number of ether oxygens (including phenoxy) is 1. The van der Waals surface area contributed by atoms with Gasteiger partial charge in [0.2, 0.25) is 0 Å². The molecule has 2 N–H and O–H groups in total. The summed E-state index contributed by atoms with van der Waals surface area (Å²) in [5, 5.41) is 12.6. The van der Waals surface area contributed by atoms with E-state index in [1.165, 1.54) is 4.90 Å². The lowest BCUT2D eigenvalue weighted by atomic mass is 9.90. The zero-order chi connectivity index (χ0) is 17.3. The van der Waals surface area contributed by atoms with Crippen LogP contribution in [0.1, 0.15) is 26.3 Å². The van der Waals surface area contributed by atoms with E-state index in [1.54, 1.807) is 20.8 Å². The van der Waals surface area contributed by atoms with E-state index in [0.29, 0.717) is 6.54 Å². The van der Waals surface area contributed by atoms with E-state index in [-0.39, 0.29) is 13.1 Å². The smallest absolute Gasteiger partial charge is 0.410 e. The highest BCUT2D eigenvalue weighted by Crippen LogP contribution is 2.25. The van der Waals surface area contributed by atoms with Crippen LogP contribution in [-0.2, 0) is 16.1 Å². The predicted octanol–water partition coefficient (Wildman–Crippen LogP) is 2.61. The Morgan fingerprint density at radius 1 is 1.39 bits per heavy atom. The molecular weight excluding hydrogens is 364 g/mol. The first-order chi connectivity index (χ1) is 10.6. The van der Waals surface area contributed by atoms with Gasteiger partial charge in [-0.25, -0.2) is 4.79 Å². The Morgan fingerprint density at radius 2 is 2.04 bits per heavy atom. The molecule has 0 aromatic heterocycles. The number of carbonyl (C=O) groups is 2. The number of carbonyl (C=O) groups excluding carboxylic acids is 1. The van der Waals surface area contributed by atoms with Crippen LogP contribution in [0.25, 0.3) is 0 Å². The number of rotatable bonds is 4. The van der Waals surface area contributed by atoms with Gasteiger partial charge in [-0.05, 0) is 38.5 Å². The van der Waals surface area contributed by atoms with E-state index in [4.69, 9.17) is 4.74 Å². The van der Waals surface area contributed by atoms with Gasteiger partial charge in [0.1, 0.15) is 5.60 Å². The minimum atomic E-state index is -1.13. The summed E-state index contributed by atoms with van der Waals surface area (Å²) >= 11 is 3.39. The molecule has 1 fully saturated rings. The Kier molecular flexibility index (Phi) is 5.01. The van der Waals surface area contributed by atoms with Crippen LogP contribution < -0.4 is 5.32 Å². The largest absolute Gasteiger partial charge is 0.480 e. The summed E-state index contributed by atoms with van der Waals surface area (Å²) in [4.78, 5) is 24.9. The van der Waals surface area contributed by atoms with Gasteiger partial charge in [-0.3, -0.25) is 10.1 Å². The molecule has 0 bridgehead atoms. The fraction of sp³-hybridized carbons (Fsp3) is 0.500. The van der Waals surface area contributed by atoms with Crippen LogP contribution in [0.3, 0.4) is 0 Å². The Morgan fingerprint density at radius 3 is 2.57 bits per heavy atom. The molecule has 2 rings (SSSR count). The summed E-state index contributed by atoms with van der Waals surface area (Å²) in [6.45, 7) is 5.92. The Balaban J connectivity index is 1.96. The Hall–Kier alpha value is -1.60. The predicted molar refractivity (Wildman–Crippen MR) is 89.2 cm³/mol. The maximum absolute atomic E-state index is 11.9. The van der Waals surface area contributed by atoms with Gasteiger partial charge in [-0.1, -0.05) is 28.1 Å². The van der Waals surface area contributed by atoms with Crippen LogP contribution >= 0.6 is 15.9 Å². The lowest BCUT2D eigenvalue weighted by Crippen LogP contribution is -2.74. The highest BCUT2D eigenvalue weighted by atomic mass is 79.9. The highest BCUT2D eigenvalue weighted by molar-refractivity contribution is 9.10. The van der Waals surface area contributed by atoms with Gasteiger partial charge in [0.15, 0.2) is 5.54 Å². The lowest BCUT2D eigenvalue weighted by molar-refractivity contribution is -0.152. The van der Waals surface area contributed by atoms with Crippen molar-refractivity contribution in [3.8, 4) is 0 Å². The average molecular weight is 385 g/mol. The molecule has 0 spiro atoms. The summed E-state index contributed by atoms with van der Waals surface area (Å²) < 4.78 is 6.19. The molecule has 1 aromatic carbocycles. The first-order valence-corrected chi connectivity index (χ1v) is 8.11. The van der Waals surface area contributed by atoms with E-state index >= 15 is 0 Å². The summed E-state index contributed by atoms with van der Waals surface area (Å²) in [7, 11) is 0. The number of likely N-dealkylation sites (tertiary alicyclic amines) is 1. The molecular formula is C16H21BrN2O4. The Bertz CT molecular complexity index is 606. The van der Waals surface area contributed by atoms with Crippen molar-refractivity contribution in [2.24, 2.45) is 0 Å². The van der Waals surface area contributed by atoms with Crippen LogP contribution in [-0.4, -0.2) is 46.3 Å². The van der Waals surface area contributed by atoms with Gasteiger partial charge >= 0.3 is 12.1 Å². The molecule has 0 radical (unpaired) electrons. The van der Waals surface area contributed by atoms with Crippen molar-refractivity contribution in [2.45, 2.75) is 38.5 Å². The maximum atomic E-state index is 11.9. The third-order valence-electron chi connectivity index (χ3n) is 3.50. The molecule has 0 unspecified atom stereocenters. The fourth-order valence-corrected chi connectivity index (χ4v) is 2.75. The van der Waals surface area contributed by atoms with E-state index in [9.17, 15) is 14.7 Å². The zero-order valence-corrected chi connectivity index (χ0v) is 15.0. The van der Waals surface area contributed by atoms with Gasteiger partial charge in [0, 0.05) is 11.0 Å². The number of carboxylic acids is 1. The molecule has 0 atom stereocenters. The van der Waals surface area contributed by atoms with Gasteiger partial charge in [0.05, 0.1) is 13.1 Å². The topological polar surface area (TPSA) is 78.9 Å². The molecule has 1 aliphatic rings. The van der Waals surface area contributed by atoms with Crippen molar-refractivity contribution in [3.05, 3.63) is 34.3 Å². The number of nitrogens with one attached hydrogen (secondary N) is 1. The van der Waals surface area contributed by atoms with Crippen molar-refractivity contribution >= 4 is 28.0 Å². The summed E-state index contributed by atoms with van der Waals surface area (Å²) in [6, 6.07) is 7.64. The molecule has 1 heterocycles. The third kappa shape index (κ3) is 4.45. The van der Waals surface area contributed by atoms with Crippen LogP contribution in [0.15, 0.2) is 28.7 Å². The van der Waals surface area contributed by atoms with Crippen molar-refractivity contribution in [2.75, 3.05) is 13.1 Å². The summed E-state index contributed by atoms with van der Waals surface area (Å²) in [5.41, 5.74) is -0.752. The van der Waals surface area contributed by atoms with Gasteiger partial charge < -0.3 is 14.7 Å². The number of hydrogen-bond donors (Lipinski definition) is 2.